The minimum Gasteiger partial charge on any atom is -0.331 e. The largest absolute Gasteiger partial charge is 0.331 e. The molecule has 0 unspecified atom stereocenters. The number of aromatic nitrogens is 3. The first-order chi connectivity index (χ1) is 14.8. The average molecular weight is 423 g/mol. The number of carbonyl (C=O) groups excluding carboxylic acids is 1. The lowest BCUT2D eigenvalue weighted by molar-refractivity contribution is 0.231. The predicted octanol–water partition coefficient (Wildman–Crippen LogP) is 5.00. The summed E-state index contributed by atoms with van der Waals surface area (Å²) >= 11 is 0. The third kappa shape index (κ3) is 5.41. The zero-order valence-electron chi connectivity index (χ0n) is 19.5. The first-order valence-corrected chi connectivity index (χ1v) is 10.9. The molecule has 1 aromatic carbocycles. The Morgan fingerprint density at radius 1 is 1.19 bits per heavy atom. The Morgan fingerprint density at radius 2 is 1.97 bits per heavy atom. The van der Waals surface area contributed by atoms with Gasteiger partial charge in [-0.15, -0.1) is 0 Å². The Morgan fingerprint density at radius 3 is 2.65 bits per heavy atom. The number of nitrogens with one attached hydrogen (secondary N) is 1. The molecular weight excluding hydrogens is 388 g/mol. The van der Waals surface area contributed by atoms with Crippen molar-refractivity contribution in [2.24, 2.45) is 0 Å². The van der Waals surface area contributed by atoms with E-state index in [0.717, 1.165) is 41.1 Å². The molecule has 0 atom stereocenters. The number of anilines is 1. The maximum absolute atomic E-state index is 12.4. The van der Waals surface area contributed by atoms with Gasteiger partial charge >= 0.3 is 6.03 Å². The van der Waals surface area contributed by atoms with Crippen molar-refractivity contribution in [3.63, 3.8) is 0 Å². The number of amides is 2. The van der Waals surface area contributed by atoms with E-state index in [0.29, 0.717) is 0 Å². The summed E-state index contributed by atoms with van der Waals surface area (Å²) in [6, 6.07) is 10.4. The fraction of sp³-hybridized carbons (Fsp3) is 0.458. The maximum Gasteiger partial charge on any atom is 0.321 e. The molecule has 0 saturated carbocycles. The van der Waals surface area contributed by atoms with Crippen molar-refractivity contribution in [1.82, 2.24) is 24.6 Å². The molecule has 2 heterocycles. The second-order valence-corrected chi connectivity index (χ2v) is 8.59. The molecule has 0 aliphatic heterocycles. The fourth-order valence-corrected chi connectivity index (χ4v) is 3.52. The SMILES string of the molecule is CCCCN(C)Cc1cccc(-c2cc(NC(=O)N(C)C)c3cnn(C(C)C)c3n2)c1. The average Bonchev–Trinajstić information content (AvgIpc) is 3.17. The van der Waals surface area contributed by atoms with Crippen molar-refractivity contribution in [3.05, 3.63) is 42.1 Å². The van der Waals surface area contributed by atoms with Crippen molar-refractivity contribution in [1.29, 1.82) is 0 Å². The molecule has 0 bridgehead atoms. The van der Waals surface area contributed by atoms with Gasteiger partial charge < -0.3 is 15.1 Å². The van der Waals surface area contributed by atoms with Crippen LogP contribution in [-0.4, -0.2) is 58.3 Å². The molecule has 166 valence electrons. The molecule has 0 aliphatic rings. The molecule has 0 saturated heterocycles. The molecule has 7 heteroatoms. The summed E-state index contributed by atoms with van der Waals surface area (Å²) in [5.41, 5.74) is 4.58. The molecular formula is C24H34N6O. The van der Waals surface area contributed by atoms with Gasteiger partial charge in [0.2, 0.25) is 0 Å². The summed E-state index contributed by atoms with van der Waals surface area (Å²) in [7, 11) is 5.61. The molecule has 7 nitrogen and oxygen atoms in total. The summed E-state index contributed by atoms with van der Waals surface area (Å²) in [5, 5.41) is 8.35. The monoisotopic (exact) mass is 422 g/mol. The van der Waals surface area contributed by atoms with E-state index in [1.807, 2.05) is 10.7 Å². The Kier molecular flexibility index (Phi) is 7.28. The quantitative estimate of drug-likeness (QED) is 0.554. The van der Waals surface area contributed by atoms with Crippen molar-refractivity contribution in [3.8, 4) is 11.3 Å². The number of hydrogen-bond donors (Lipinski definition) is 1. The van der Waals surface area contributed by atoms with Crippen molar-refractivity contribution < 1.29 is 4.79 Å². The number of pyridine rings is 1. The topological polar surface area (TPSA) is 66.3 Å². The van der Waals surface area contributed by atoms with Gasteiger partial charge in [0.1, 0.15) is 0 Å². The van der Waals surface area contributed by atoms with E-state index in [1.165, 1.54) is 23.3 Å². The van der Waals surface area contributed by atoms with Gasteiger partial charge in [-0.3, -0.25) is 0 Å². The number of unbranched alkanes of at least 4 members (excludes halogenated alkanes) is 1. The number of fused-ring (bicyclic) bond motifs is 1. The standard InChI is InChI=1S/C24H34N6O/c1-7-8-12-29(6)16-18-10-9-11-19(13-18)21-14-22(27-24(31)28(4)5)20-15-25-30(17(2)3)23(20)26-21/h9-11,13-15,17H,7-8,12,16H2,1-6H3,(H,26,27,31). The van der Waals surface area contributed by atoms with Crippen LogP contribution in [0.3, 0.4) is 0 Å². The van der Waals surface area contributed by atoms with E-state index in [-0.39, 0.29) is 12.1 Å². The Bertz CT molecular complexity index is 1040. The first kappa shape index (κ1) is 22.7. The molecule has 0 aliphatic carbocycles. The van der Waals surface area contributed by atoms with Crippen LogP contribution in [0.25, 0.3) is 22.3 Å². The number of rotatable bonds is 8. The van der Waals surface area contributed by atoms with Crippen LogP contribution >= 0.6 is 0 Å². The number of urea groups is 1. The van der Waals surface area contributed by atoms with Crippen LogP contribution < -0.4 is 5.32 Å². The Hall–Kier alpha value is -2.93. The number of benzene rings is 1. The zero-order chi connectivity index (χ0) is 22.5. The minimum absolute atomic E-state index is 0.163. The first-order valence-electron chi connectivity index (χ1n) is 10.9. The van der Waals surface area contributed by atoms with Gasteiger partial charge in [-0.2, -0.15) is 5.10 Å². The van der Waals surface area contributed by atoms with Gasteiger partial charge in [0.05, 0.1) is 23.0 Å². The van der Waals surface area contributed by atoms with Crippen LogP contribution in [0.15, 0.2) is 36.5 Å². The van der Waals surface area contributed by atoms with E-state index in [4.69, 9.17) is 4.98 Å². The van der Waals surface area contributed by atoms with Crippen LogP contribution in [-0.2, 0) is 6.54 Å². The second kappa shape index (κ2) is 9.92. The molecule has 0 spiro atoms. The predicted molar refractivity (Wildman–Crippen MR) is 127 cm³/mol. The molecule has 3 aromatic rings. The molecule has 2 amide bonds. The lowest BCUT2D eigenvalue weighted by atomic mass is 10.1. The summed E-state index contributed by atoms with van der Waals surface area (Å²) in [4.78, 5) is 21.2. The smallest absolute Gasteiger partial charge is 0.321 e. The number of carbonyl (C=O) groups is 1. The van der Waals surface area contributed by atoms with Crippen molar-refractivity contribution in [2.45, 2.75) is 46.2 Å². The van der Waals surface area contributed by atoms with Gasteiger partial charge in [0.25, 0.3) is 0 Å². The summed E-state index contributed by atoms with van der Waals surface area (Å²) in [5.74, 6) is 0. The van der Waals surface area contributed by atoms with E-state index in [9.17, 15) is 4.79 Å². The minimum atomic E-state index is -0.179. The third-order valence-electron chi connectivity index (χ3n) is 5.27. The highest BCUT2D eigenvalue weighted by molar-refractivity contribution is 6.00. The van der Waals surface area contributed by atoms with Crippen LogP contribution in [0.1, 0.15) is 45.2 Å². The fourth-order valence-electron chi connectivity index (χ4n) is 3.52. The lowest BCUT2D eigenvalue weighted by Crippen LogP contribution is -2.27. The van der Waals surface area contributed by atoms with Crippen LogP contribution in [0.4, 0.5) is 10.5 Å². The van der Waals surface area contributed by atoms with E-state index < -0.39 is 0 Å². The highest BCUT2D eigenvalue weighted by Gasteiger charge is 2.16. The lowest BCUT2D eigenvalue weighted by Gasteiger charge is -2.17. The maximum atomic E-state index is 12.4. The van der Waals surface area contributed by atoms with E-state index >= 15 is 0 Å². The second-order valence-electron chi connectivity index (χ2n) is 8.59. The van der Waals surface area contributed by atoms with Gasteiger partial charge in [-0.05, 0) is 51.6 Å². The Balaban J connectivity index is 2.02. The highest BCUT2D eigenvalue weighted by Crippen LogP contribution is 2.30. The van der Waals surface area contributed by atoms with Gasteiger partial charge in [-0.1, -0.05) is 31.5 Å². The Labute approximate surface area is 185 Å². The van der Waals surface area contributed by atoms with Gasteiger partial charge in [0.15, 0.2) is 5.65 Å². The van der Waals surface area contributed by atoms with Crippen LogP contribution in [0.5, 0.6) is 0 Å². The highest BCUT2D eigenvalue weighted by atomic mass is 16.2. The van der Waals surface area contributed by atoms with E-state index in [1.54, 1.807) is 20.3 Å². The molecule has 3 rings (SSSR count). The van der Waals surface area contributed by atoms with Gasteiger partial charge in [-0.25, -0.2) is 14.5 Å². The molecule has 2 aromatic heterocycles. The summed E-state index contributed by atoms with van der Waals surface area (Å²) < 4.78 is 1.90. The van der Waals surface area contributed by atoms with Crippen LogP contribution in [0, 0.1) is 0 Å². The zero-order valence-corrected chi connectivity index (χ0v) is 19.5. The van der Waals surface area contributed by atoms with Gasteiger partial charge in [0, 0.05) is 32.2 Å². The summed E-state index contributed by atoms with van der Waals surface area (Å²) in [6.45, 7) is 8.34. The molecule has 1 N–H and O–H groups in total. The van der Waals surface area contributed by atoms with E-state index in [2.05, 4.69) is 67.4 Å². The molecule has 31 heavy (non-hydrogen) atoms. The summed E-state index contributed by atoms with van der Waals surface area (Å²) in [6.07, 6.45) is 4.17. The van der Waals surface area contributed by atoms with Crippen molar-refractivity contribution >= 4 is 22.8 Å². The van der Waals surface area contributed by atoms with Crippen LogP contribution in [0.2, 0.25) is 0 Å². The van der Waals surface area contributed by atoms with Crippen molar-refractivity contribution in [2.75, 3.05) is 33.0 Å². The third-order valence-corrected chi connectivity index (χ3v) is 5.27. The normalized spacial score (nSPS) is 11.5. The number of nitrogens with zero attached hydrogens (tertiary/aromatic N) is 5. The number of hydrogen-bond acceptors (Lipinski definition) is 4. The molecule has 0 fully saturated rings. The molecule has 0 radical (unpaired) electrons.